The lowest BCUT2D eigenvalue weighted by atomic mass is 9.73. The minimum atomic E-state index is 0.539. The van der Waals surface area contributed by atoms with Crippen molar-refractivity contribution >= 4 is 0 Å². The maximum Gasteiger partial charge on any atom is 0.0195 e. The van der Waals surface area contributed by atoms with Crippen LogP contribution in [0.5, 0.6) is 0 Å². The molecule has 0 aromatic rings. The molecule has 124 valence electrons. The van der Waals surface area contributed by atoms with E-state index in [1.54, 1.807) is 0 Å². The maximum atomic E-state index is 3.77. The molecule has 2 aliphatic rings. The Morgan fingerprint density at radius 3 is 2.48 bits per heavy atom. The molecular weight excluding hydrogens is 258 g/mol. The van der Waals surface area contributed by atoms with E-state index in [-0.39, 0.29) is 0 Å². The van der Waals surface area contributed by atoms with Gasteiger partial charge in [0, 0.05) is 38.8 Å². The summed E-state index contributed by atoms with van der Waals surface area (Å²) in [6.45, 7) is 14.5. The van der Waals surface area contributed by atoms with E-state index in [1.807, 2.05) is 0 Å². The first-order chi connectivity index (χ1) is 10.0. The molecule has 0 aromatic heterocycles. The summed E-state index contributed by atoms with van der Waals surface area (Å²) in [5.74, 6) is 0.758. The van der Waals surface area contributed by atoms with Crippen molar-refractivity contribution in [1.82, 2.24) is 15.1 Å². The molecule has 21 heavy (non-hydrogen) atoms. The highest BCUT2D eigenvalue weighted by Gasteiger charge is 2.35. The van der Waals surface area contributed by atoms with E-state index >= 15 is 0 Å². The number of nitrogens with one attached hydrogen (secondary N) is 1. The Hall–Kier alpha value is -0.120. The van der Waals surface area contributed by atoms with E-state index < -0.39 is 0 Å². The van der Waals surface area contributed by atoms with E-state index in [9.17, 15) is 0 Å². The van der Waals surface area contributed by atoms with E-state index in [2.05, 4.69) is 42.9 Å². The van der Waals surface area contributed by atoms with Gasteiger partial charge >= 0.3 is 0 Å². The number of nitrogens with zero attached hydrogens (tertiary/aromatic N) is 2. The van der Waals surface area contributed by atoms with E-state index in [0.29, 0.717) is 11.5 Å². The molecule has 1 heterocycles. The Balaban J connectivity index is 1.92. The highest BCUT2D eigenvalue weighted by Crippen LogP contribution is 2.37. The van der Waals surface area contributed by atoms with Crippen LogP contribution >= 0.6 is 0 Å². The van der Waals surface area contributed by atoms with Crippen molar-refractivity contribution in [1.29, 1.82) is 0 Å². The Labute approximate surface area is 132 Å². The van der Waals surface area contributed by atoms with Crippen LogP contribution in [0.3, 0.4) is 0 Å². The second kappa shape index (κ2) is 7.94. The molecule has 0 aromatic carbocycles. The number of rotatable bonds is 6. The second-order valence-corrected chi connectivity index (χ2v) is 8.17. The van der Waals surface area contributed by atoms with Crippen LogP contribution in [-0.2, 0) is 0 Å². The van der Waals surface area contributed by atoms with Gasteiger partial charge in [-0.05, 0) is 44.7 Å². The van der Waals surface area contributed by atoms with Gasteiger partial charge in [0.1, 0.15) is 0 Å². The zero-order valence-corrected chi connectivity index (χ0v) is 14.8. The van der Waals surface area contributed by atoms with Crippen molar-refractivity contribution in [3.63, 3.8) is 0 Å². The Morgan fingerprint density at radius 2 is 1.86 bits per heavy atom. The standard InChI is InChI=1S/C18H37N3/c1-16(2)12-19-14-18(8-6-5-7-9-18)15-21-11-10-20(4)13-17(21)3/h16-17,19H,5-15H2,1-4H3. The largest absolute Gasteiger partial charge is 0.316 e. The average Bonchev–Trinajstić information content (AvgIpc) is 2.43. The fraction of sp³-hybridized carbons (Fsp3) is 1.00. The summed E-state index contributed by atoms with van der Waals surface area (Å²) in [6.07, 6.45) is 7.18. The van der Waals surface area contributed by atoms with Gasteiger partial charge in [-0.15, -0.1) is 0 Å². The van der Waals surface area contributed by atoms with Crippen LogP contribution in [0.15, 0.2) is 0 Å². The van der Waals surface area contributed by atoms with Gasteiger partial charge in [0.15, 0.2) is 0 Å². The van der Waals surface area contributed by atoms with Crippen LogP contribution in [0.4, 0.5) is 0 Å². The van der Waals surface area contributed by atoms with Crippen LogP contribution in [0.25, 0.3) is 0 Å². The Kier molecular flexibility index (Phi) is 6.51. The van der Waals surface area contributed by atoms with Crippen LogP contribution in [-0.4, -0.2) is 62.2 Å². The number of likely N-dealkylation sites (N-methyl/N-ethyl adjacent to an activating group) is 1. The minimum absolute atomic E-state index is 0.539. The van der Waals surface area contributed by atoms with Gasteiger partial charge < -0.3 is 10.2 Å². The Morgan fingerprint density at radius 1 is 1.14 bits per heavy atom. The van der Waals surface area contributed by atoms with Crippen molar-refractivity contribution in [2.75, 3.05) is 46.3 Å². The molecule has 1 saturated carbocycles. The third kappa shape index (κ3) is 5.22. The minimum Gasteiger partial charge on any atom is -0.316 e. The zero-order chi connectivity index (χ0) is 15.3. The molecule has 2 fully saturated rings. The fourth-order valence-corrected chi connectivity index (χ4v) is 4.16. The lowest BCUT2D eigenvalue weighted by Crippen LogP contribution is -2.55. The van der Waals surface area contributed by atoms with Crippen molar-refractivity contribution in [2.45, 2.75) is 58.9 Å². The van der Waals surface area contributed by atoms with Crippen molar-refractivity contribution in [3.05, 3.63) is 0 Å². The normalized spacial score (nSPS) is 28.1. The first kappa shape index (κ1) is 17.2. The highest BCUT2D eigenvalue weighted by atomic mass is 15.3. The lowest BCUT2D eigenvalue weighted by Gasteiger charge is -2.46. The van der Waals surface area contributed by atoms with Gasteiger partial charge in [-0.25, -0.2) is 0 Å². The number of hydrogen-bond acceptors (Lipinski definition) is 3. The van der Waals surface area contributed by atoms with Gasteiger partial charge in [0.25, 0.3) is 0 Å². The molecular formula is C18H37N3. The summed E-state index contributed by atoms with van der Waals surface area (Å²) < 4.78 is 0. The molecule has 3 heteroatoms. The summed E-state index contributed by atoms with van der Waals surface area (Å²) in [5.41, 5.74) is 0.539. The van der Waals surface area contributed by atoms with Gasteiger partial charge in [0.05, 0.1) is 0 Å². The quantitative estimate of drug-likeness (QED) is 0.813. The first-order valence-corrected chi connectivity index (χ1v) is 9.14. The van der Waals surface area contributed by atoms with E-state index in [4.69, 9.17) is 0 Å². The lowest BCUT2D eigenvalue weighted by molar-refractivity contribution is 0.0363. The molecule has 1 aliphatic carbocycles. The monoisotopic (exact) mass is 295 g/mol. The molecule has 1 atom stereocenters. The molecule has 0 spiro atoms. The maximum absolute atomic E-state index is 3.77. The molecule has 0 amide bonds. The molecule has 0 bridgehead atoms. The van der Waals surface area contributed by atoms with Crippen LogP contribution in [0.1, 0.15) is 52.9 Å². The average molecular weight is 296 g/mol. The zero-order valence-electron chi connectivity index (χ0n) is 14.8. The molecule has 2 rings (SSSR count). The SMILES string of the molecule is CC(C)CNCC1(CN2CCN(C)CC2C)CCCCC1. The predicted molar refractivity (Wildman–Crippen MR) is 91.8 cm³/mol. The van der Waals surface area contributed by atoms with Crippen LogP contribution < -0.4 is 5.32 Å². The van der Waals surface area contributed by atoms with Crippen molar-refractivity contribution in [3.8, 4) is 0 Å². The summed E-state index contributed by atoms with van der Waals surface area (Å²) >= 11 is 0. The summed E-state index contributed by atoms with van der Waals surface area (Å²) in [5, 5.41) is 3.77. The van der Waals surface area contributed by atoms with E-state index in [1.165, 1.54) is 71.4 Å². The smallest absolute Gasteiger partial charge is 0.0195 e. The predicted octanol–water partition coefficient (Wildman–Crippen LogP) is 2.82. The Bertz CT molecular complexity index is 297. The number of piperazine rings is 1. The van der Waals surface area contributed by atoms with Crippen LogP contribution in [0.2, 0.25) is 0 Å². The number of hydrogen-bond donors (Lipinski definition) is 1. The van der Waals surface area contributed by atoms with Gasteiger partial charge in [-0.2, -0.15) is 0 Å². The molecule has 1 N–H and O–H groups in total. The van der Waals surface area contributed by atoms with Gasteiger partial charge in [-0.3, -0.25) is 4.90 Å². The first-order valence-electron chi connectivity index (χ1n) is 9.14. The van der Waals surface area contributed by atoms with Gasteiger partial charge in [0.2, 0.25) is 0 Å². The molecule has 1 saturated heterocycles. The summed E-state index contributed by atoms with van der Waals surface area (Å²) in [4.78, 5) is 5.24. The van der Waals surface area contributed by atoms with Gasteiger partial charge in [-0.1, -0.05) is 33.1 Å². The molecule has 1 unspecified atom stereocenters. The molecule has 3 nitrogen and oxygen atoms in total. The highest BCUT2D eigenvalue weighted by molar-refractivity contribution is 4.91. The fourth-order valence-electron chi connectivity index (χ4n) is 4.16. The van der Waals surface area contributed by atoms with Crippen molar-refractivity contribution < 1.29 is 0 Å². The topological polar surface area (TPSA) is 18.5 Å². The molecule has 1 aliphatic heterocycles. The van der Waals surface area contributed by atoms with Crippen molar-refractivity contribution in [2.24, 2.45) is 11.3 Å². The third-order valence-electron chi connectivity index (χ3n) is 5.47. The second-order valence-electron chi connectivity index (χ2n) is 8.17. The van der Waals surface area contributed by atoms with Crippen LogP contribution in [0, 0.1) is 11.3 Å². The summed E-state index contributed by atoms with van der Waals surface area (Å²) in [7, 11) is 2.26. The third-order valence-corrected chi connectivity index (χ3v) is 5.47. The van der Waals surface area contributed by atoms with E-state index in [0.717, 1.165) is 5.92 Å². The molecule has 0 radical (unpaired) electrons. The summed E-state index contributed by atoms with van der Waals surface area (Å²) in [6, 6.07) is 0.715.